The summed E-state index contributed by atoms with van der Waals surface area (Å²) >= 11 is 8.81. The van der Waals surface area contributed by atoms with Crippen molar-refractivity contribution < 1.29 is 9.13 Å². The van der Waals surface area contributed by atoms with Crippen molar-refractivity contribution in [1.29, 1.82) is 0 Å². The maximum Gasteiger partial charge on any atom is 0.149 e. The zero-order valence-corrected chi connectivity index (χ0v) is 8.75. The van der Waals surface area contributed by atoms with Crippen LogP contribution in [0.3, 0.4) is 0 Å². The zero-order chi connectivity index (χ0) is 9.14. The standard InChI is InChI=1S/C8H7BrClFO/c1-12-6-3-2-5(4-9)8(11)7(6)10/h2-3H,4H2,1H3. The van der Waals surface area contributed by atoms with E-state index in [1.807, 2.05) is 0 Å². The fourth-order valence-electron chi connectivity index (χ4n) is 0.833. The van der Waals surface area contributed by atoms with Gasteiger partial charge in [0.15, 0.2) is 0 Å². The molecule has 0 amide bonds. The minimum Gasteiger partial charge on any atom is -0.495 e. The van der Waals surface area contributed by atoms with Gasteiger partial charge >= 0.3 is 0 Å². The second-order valence-electron chi connectivity index (χ2n) is 2.19. The lowest BCUT2D eigenvalue weighted by Crippen LogP contribution is -1.91. The predicted molar refractivity (Wildman–Crippen MR) is 50.6 cm³/mol. The normalized spacial score (nSPS) is 10.0. The second-order valence-corrected chi connectivity index (χ2v) is 3.13. The van der Waals surface area contributed by atoms with Gasteiger partial charge in [-0.25, -0.2) is 4.39 Å². The Kier molecular flexibility index (Phi) is 3.35. The van der Waals surface area contributed by atoms with Crippen LogP contribution in [0.25, 0.3) is 0 Å². The Morgan fingerprint density at radius 3 is 2.75 bits per heavy atom. The molecule has 0 N–H and O–H groups in total. The van der Waals surface area contributed by atoms with Gasteiger partial charge in [0, 0.05) is 10.9 Å². The van der Waals surface area contributed by atoms with E-state index >= 15 is 0 Å². The highest BCUT2D eigenvalue weighted by atomic mass is 79.9. The summed E-state index contributed by atoms with van der Waals surface area (Å²) in [4.78, 5) is 0. The summed E-state index contributed by atoms with van der Waals surface area (Å²) in [5.41, 5.74) is 0.529. The van der Waals surface area contributed by atoms with Crippen LogP contribution in [0.2, 0.25) is 5.02 Å². The molecule has 66 valence electrons. The number of halogens is 3. The molecule has 0 saturated carbocycles. The average molecular weight is 253 g/mol. The first-order valence-corrected chi connectivity index (χ1v) is 4.77. The lowest BCUT2D eigenvalue weighted by atomic mass is 10.2. The Labute approximate surface area is 83.6 Å². The van der Waals surface area contributed by atoms with Crippen molar-refractivity contribution in [2.75, 3.05) is 7.11 Å². The molecule has 1 aromatic rings. The van der Waals surface area contributed by atoms with E-state index in [-0.39, 0.29) is 5.02 Å². The summed E-state index contributed by atoms with van der Waals surface area (Å²) in [6.45, 7) is 0. The molecule has 0 atom stereocenters. The van der Waals surface area contributed by atoms with Gasteiger partial charge in [0.1, 0.15) is 16.6 Å². The maximum atomic E-state index is 13.2. The van der Waals surface area contributed by atoms with Crippen LogP contribution in [-0.4, -0.2) is 7.11 Å². The molecule has 0 unspecified atom stereocenters. The predicted octanol–water partition coefficient (Wildman–Crippen LogP) is 3.38. The van der Waals surface area contributed by atoms with Crippen LogP contribution in [0.5, 0.6) is 5.75 Å². The number of alkyl halides is 1. The van der Waals surface area contributed by atoms with Crippen LogP contribution >= 0.6 is 27.5 Å². The first-order chi connectivity index (χ1) is 5.70. The Balaban J connectivity index is 3.20. The molecule has 0 heterocycles. The van der Waals surface area contributed by atoms with Gasteiger partial charge in [-0.3, -0.25) is 0 Å². The highest BCUT2D eigenvalue weighted by Crippen LogP contribution is 2.29. The van der Waals surface area contributed by atoms with Gasteiger partial charge in [-0.15, -0.1) is 0 Å². The van der Waals surface area contributed by atoms with Crippen molar-refractivity contribution in [2.24, 2.45) is 0 Å². The molecule has 0 bridgehead atoms. The van der Waals surface area contributed by atoms with Crippen molar-refractivity contribution in [3.05, 3.63) is 28.5 Å². The lowest BCUT2D eigenvalue weighted by Gasteiger charge is -2.05. The van der Waals surface area contributed by atoms with E-state index in [1.165, 1.54) is 7.11 Å². The van der Waals surface area contributed by atoms with Crippen molar-refractivity contribution >= 4 is 27.5 Å². The van der Waals surface area contributed by atoms with E-state index in [4.69, 9.17) is 16.3 Å². The number of ether oxygens (including phenoxy) is 1. The number of hydrogen-bond acceptors (Lipinski definition) is 1. The Bertz CT molecular complexity index is 262. The monoisotopic (exact) mass is 252 g/mol. The van der Waals surface area contributed by atoms with E-state index < -0.39 is 5.82 Å². The highest BCUT2D eigenvalue weighted by Gasteiger charge is 2.10. The van der Waals surface area contributed by atoms with Crippen LogP contribution in [0.1, 0.15) is 5.56 Å². The summed E-state index contributed by atoms with van der Waals surface area (Å²) < 4.78 is 18.0. The summed E-state index contributed by atoms with van der Waals surface area (Å²) in [6.07, 6.45) is 0. The van der Waals surface area contributed by atoms with E-state index in [0.29, 0.717) is 16.6 Å². The van der Waals surface area contributed by atoms with Crippen LogP contribution in [-0.2, 0) is 5.33 Å². The summed E-state index contributed by atoms with van der Waals surface area (Å²) in [6, 6.07) is 3.27. The lowest BCUT2D eigenvalue weighted by molar-refractivity contribution is 0.411. The molecule has 1 nitrogen and oxygen atoms in total. The van der Waals surface area contributed by atoms with Crippen LogP contribution in [0.15, 0.2) is 12.1 Å². The SMILES string of the molecule is COc1ccc(CBr)c(F)c1Cl. The van der Waals surface area contributed by atoms with Gasteiger partial charge in [-0.2, -0.15) is 0 Å². The van der Waals surface area contributed by atoms with E-state index in [9.17, 15) is 4.39 Å². The van der Waals surface area contributed by atoms with Gasteiger partial charge in [-0.1, -0.05) is 33.6 Å². The van der Waals surface area contributed by atoms with Gasteiger partial charge in [0.25, 0.3) is 0 Å². The molecule has 0 radical (unpaired) electrons. The topological polar surface area (TPSA) is 9.23 Å². The first kappa shape index (κ1) is 9.81. The van der Waals surface area contributed by atoms with Gasteiger partial charge in [-0.05, 0) is 6.07 Å². The van der Waals surface area contributed by atoms with Crippen molar-refractivity contribution in [2.45, 2.75) is 5.33 Å². The molecule has 0 saturated heterocycles. The number of benzene rings is 1. The molecule has 0 fully saturated rings. The van der Waals surface area contributed by atoms with Crippen molar-refractivity contribution in [1.82, 2.24) is 0 Å². The van der Waals surface area contributed by atoms with Crippen molar-refractivity contribution in [3.63, 3.8) is 0 Å². The fourth-order valence-corrected chi connectivity index (χ4v) is 1.53. The third kappa shape index (κ3) is 1.72. The quantitative estimate of drug-likeness (QED) is 0.734. The van der Waals surface area contributed by atoms with Gasteiger partial charge in [0.2, 0.25) is 0 Å². The second kappa shape index (κ2) is 4.10. The molecule has 1 rings (SSSR count). The van der Waals surface area contributed by atoms with Gasteiger partial charge in [0.05, 0.1) is 7.11 Å². The Morgan fingerprint density at radius 1 is 1.58 bits per heavy atom. The molecule has 0 aliphatic rings. The zero-order valence-electron chi connectivity index (χ0n) is 6.40. The molecular formula is C8H7BrClFO. The third-order valence-electron chi connectivity index (χ3n) is 1.49. The maximum absolute atomic E-state index is 13.2. The number of rotatable bonds is 2. The highest BCUT2D eigenvalue weighted by molar-refractivity contribution is 9.08. The molecule has 1 aromatic carbocycles. The van der Waals surface area contributed by atoms with Crippen LogP contribution in [0, 0.1) is 5.82 Å². The smallest absolute Gasteiger partial charge is 0.149 e. The van der Waals surface area contributed by atoms with E-state index in [1.54, 1.807) is 12.1 Å². The van der Waals surface area contributed by atoms with Crippen molar-refractivity contribution in [3.8, 4) is 5.75 Å². The van der Waals surface area contributed by atoms with E-state index in [0.717, 1.165) is 0 Å². The molecule has 0 aliphatic carbocycles. The molecule has 4 heteroatoms. The fraction of sp³-hybridized carbons (Fsp3) is 0.250. The van der Waals surface area contributed by atoms with Gasteiger partial charge < -0.3 is 4.74 Å². The first-order valence-electron chi connectivity index (χ1n) is 3.27. The average Bonchev–Trinajstić information content (AvgIpc) is 2.10. The molecule has 0 aromatic heterocycles. The number of methoxy groups -OCH3 is 1. The third-order valence-corrected chi connectivity index (χ3v) is 2.45. The molecular weight excluding hydrogens is 246 g/mol. The summed E-state index contributed by atoms with van der Waals surface area (Å²) in [7, 11) is 1.45. The number of hydrogen-bond donors (Lipinski definition) is 0. The van der Waals surface area contributed by atoms with E-state index in [2.05, 4.69) is 15.9 Å². The summed E-state index contributed by atoms with van der Waals surface area (Å²) in [5.74, 6) is -0.0632. The molecule has 0 aliphatic heterocycles. The molecule has 0 spiro atoms. The minimum atomic E-state index is -0.423. The minimum absolute atomic E-state index is 0.0365. The Morgan fingerprint density at radius 2 is 2.25 bits per heavy atom. The van der Waals surface area contributed by atoms with Crippen LogP contribution < -0.4 is 4.74 Å². The largest absolute Gasteiger partial charge is 0.495 e. The summed E-state index contributed by atoms with van der Waals surface area (Å²) in [5, 5.41) is 0.483. The Hall–Kier alpha value is -0.280. The van der Waals surface area contributed by atoms with Crippen LogP contribution in [0.4, 0.5) is 4.39 Å². The molecule has 12 heavy (non-hydrogen) atoms.